The first-order valence-corrected chi connectivity index (χ1v) is 10.2. The average Bonchev–Trinajstić information content (AvgIpc) is 2.82. The van der Waals surface area contributed by atoms with E-state index in [0.29, 0.717) is 0 Å². The minimum absolute atomic E-state index is 0.0770. The average molecular weight is 462 g/mol. The number of nitrogens with zero attached hydrogens (tertiary/aromatic N) is 1. The second-order valence-corrected chi connectivity index (χ2v) is 7.45. The molecule has 0 aliphatic rings. The number of carboxylic acids is 1. The summed E-state index contributed by atoms with van der Waals surface area (Å²) in [6, 6.07) is 15.5. The summed E-state index contributed by atoms with van der Waals surface area (Å²) in [6.45, 7) is 3.64. The van der Waals surface area contributed by atoms with E-state index < -0.39 is 36.0 Å². The smallest absolute Gasteiger partial charge is 0.349 e. The Bertz CT molecular complexity index is 1180. The third kappa shape index (κ3) is 6.26. The van der Waals surface area contributed by atoms with E-state index in [0.717, 1.165) is 11.1 Å². The van der Waals surface area contributed by atoms with Crippen molar-refractivity contribution in [2.45, 2.75) is 26.1 Å². The Hall–Kier alpha value is -4.53. The van der Waals surface area contributed by atoms with Crippen molar-refractivity contribution in [1.82, 2.24) is 4.98 Å². The zero-order valence-corrected chi connectivity index (χ0v) is 18.4. The number of rotatable bonds is 8. The number of hydrogen-bond donors (Lipinski definition) is 2. The number of aromatic nitrogens is 1. The number of anilines is 1. The van der Waals surface area contributed by atoms with Crippen LogP contribution in [0.5, 0.6) is 0 Å². The molecular weight excluding hydrogens is 440 g/mol. The topological polar surface area (TPSA) is 132 Å². The molecule has 0 radical (unpaired) electrons. The normalized spacial score (nSPS) is 12.2. The van der Waals surface area contributed by atoms with Gasteiger partial charge >= 0.3 is 17.9 Å². The fraction of sp³-hybridized carbons (Fsp3) is 0.160. The minimum Gasteiger partial charge on any atom is -0.478 e. The summed E-state index contributed by atoms with van der Waals surface area (Å²) in [6.07, 6.45) is -1.29. The lowest BCUT2D eigenvalue weighted by Crippen LogP contribution is -2.48. The van der Waals surface area contributed by atoms with Crippen LogP contribution in [-0.4, -0.2) is 46.1 Å². The molecule has 0 unspecified atom stereocenters. The number of carbonyl (C=O) groups is 4. The van der Waals surface area contributed by atoms with E-state index in [1.807, 2.05) is 13.8 Å². The van der Waals surface area contributed by atoms with Crippen molar-refractivity contribution in [3.05, 3.63) is 95.3 Å². The maximum absolute atomic E-state index is 13.0. The Balaban J connectivity index is 1.89. The molecular formula is C25H22N2O7. The molecule has 0 saturated carbocycles. The lowest BCUT2D eigenvalue weighted by Gasteiger charge is -2.23. The monoisotopic (exact) mass is 462 g/mol. The summed E-state index contributed by atoms with van der Waals surface area (Å²) >= 11 is 0. The van der Waals surface area contributed by atoms with Crippen molar-refractivity contribution in [3.8, 4) is 0 Å². The highest BCUT2D eigenvalue weighted by Crippen LogP contribution is 2.16. The Labute approximate surface area is 195 Å². The molecule has 2 aromatic carbocycles. The summed E-state index contributed by atoms with van der Waals surface area (Å²) in [5, 5.41) is 12.2. The van der Waals surface area contributed by atoms with Gasteiger partial charge in [0, 0.05) is 6.20 Å². The van der Waals surface area contributed by atoms with Gasteiger partial charge in [0.1, 0.15) is 0 Å². The molecule has 0 saturated heterocycles. The van der Waals surface area contributed by atoms with Gasteiger partial charge in [0.05, 0.1) is 23.0 Å². The number of carboxylic acid groups (broad SMARTS) is 1. The van der Waals surface area contributed by atoms with Gasteiger partial charge in [-0.25, -0.2) is 14.4 Å². The highest BCUT2D eigenvalue weighted by atomic mass is 16.6. The second-order valence-electron chi connectivity index (χ2n) is 7.45. The summed E-state index contributed by atoms with van der Waals surface area (Å²) < 4.78 is 10.4. The van der Waals surface area contributed by atoms with Crippen molar-refractivity contribution >= 4 is 29.5 Å². The van der Waals surface area contributed by atoms with Gasteiger partial charge in [-0.15, -0.1) is 0 Å². The fourth-order valence-corrected chi connectivity index (χ4v) is 2.89. The van der Waals surface area contributed by atoms with Crippen molar-refractivity contribution in [2.75, 3.05) is 5.32 Å². The SMILES string of the molecule is Cc1ccc(C(=O)O[C@@H](C(=O)O)[C@@H](OC(=O)c2ccc(C)cc2)C(=O)Nc2cccnc2)cc1. The lowest BCUT2D eigenvalue weighted by atomic mass is 10.1. The van der Waals surface area contributed by atoms with E-state index in [2.05, 4.69) is 10.3 Å². The van der Waals surface area contributed by atoms with Crippen LogP contribution in [0.25, 0.3) is 0 Å². The van der Waals surface area contributed by atoms with E-state index in [9.17, 15) is 24.3 Å². The number of carbonyl (C=O) groups excluding carboxylic acids is 3. The Morgan fingerprint density at radius 3 is 1.74 bits per heavy atom. The molecule has 0 aliphatic heterocycles. The predicted octanol–water partition coefficient (Wildman–Crippen LogP) is 3.17. The summed E-state index contributed by atoms with van der Waals surface area (Å²) in [4.78, 5) is 54.1. The highest BCUT2D eigenvalue weighted by molar-refractivity contribution is 6.01. The van der Waals surface area contributed by atoms with Gasteiger partial charge < -0.3 is 19.9 Å². The highest BCUT2D eigenvalue weighted by Gasteiger charge is 2.41. The third-order valence-corrected chi connectivity index (χ3v) is 4.75. The molecule has 2 atom stereocenters. The number of hydrogen-bond acceptors (Lipinski definition) is 7. The standard InChI is InChI=1S/C25H22N2O7/c1-15-5-9-17(10-6-15)24(31)33-20(22(28)27-19-4-3-13-26-14-19)21(23(29)30)34-25(32)18-11-7-16(2)8-12-18/h3-14,20-21H,1-2H3,(H,27,28)(H,29,30)/t20-,21-/m1/s1. The number of aliphatic carboxylic acids is 1. The molecule has 3 rings (SSSR count). The van der Waals surface area contributed by atoms with Gasteiger partial charge in [0.25, 0.3) is 5.91 Å². The molecule has 1 heterocycles. The number of amides is 1. The van der Waals surface area contributed by atoms with E-state index in [1.54, 1.807) is 30.3 Å². The van der Waals surface area contributed by atoms with Crippen LogP contribution in [0.1, 0.15) is 31.8 Å². The summed E-state index contributed by atoms with van der Waals surface area (Å²) in [5.74, 6) is -4.61. The molecule has 9 heteroatoms. The van der Waals surface area contributed by atoms with Crippen molar-refractivity contribution < 1.29 is 33.8 Å². The minimum atomic E-state index is -2.11. The molecule has 3 aromatic rings. The van der Waals surface area contributed by atoms with E-state index >= 15 is 0 Å². The number of esters is 2. The van der Waals surface area contributed by atoms with Crippen LogP contribution < -0.4 is 5.32 Å². The van der Waals surface area contributed by atoms with Crippen LogP contribution in [0.15, 0.2) is 73.1 Å². The van der Waals surface area contributed by atoms with E-state index in [4.69, 9.17) is 9.47 Å². The van der Waals surface area contributed by atoms with Crippen molar-refractivity contribution in [2.24, 2.45) is 0 Å². The second kappa shape index (κ2) is 10.9. The number of benzene rings is 2. The zero-order chi connectivity index (χ0) is 24.7. The van der Waals surface area contributed by atoms with Gasteiger partial charge in [-0.05, 0) is 50.2 Å². The predicted molar refractivity (Wildman–Crippen MR) is 121 cm³/mol. The Kier molecular flexibility index (Phi) is 7.71. The molecule has 1 aromatic heterocycles. The first-order chi connectivity index (χ1) is 16.2. The number of ether oxygens (including phenoxy) is 2. The maximum Gasteiger partial charge on any atom is 0.349 e. The largest absolute Gasteiger partial charge is 0.478 e. The van der Waals surface area contributed by atoms with Gasteiger partial charge in [-0.2, -0.15) is 0 Å². The molecule has 174 valence electrons. The van der Waals surface area contributed by atoms with Gasteiger partial charge in [0.15, 0.2) is 0 Å². The van der Waals surface area contributed by atoms with E-state index in [-0.39, 0.29) is 16.8 Å². The zero-order valence-electron chi connectivity index (χ0n) is 18.4. The number of pyridine rings is 1. The molecule has 0 bridgehead atoms. The van der Waals surface area contributed by atoms with Crippen LogP contribution >= 0.6 is 0 Å². The van der Waals surface area contributed by atoms with Gasteiger partial charge in [0.2, 0.25) is 12.2 Å². The van der Waals surface area contributed by atoms with Crippen LogP contribution in [-0.2, 0) is 19.1 Å². The summed E-state index contributed by atoms with van der Waals surface area (Å²) in [7, 11) is 0. The molecule has 1 amide bonds. The van der Waals surface area contributed by atoms with Crippen LogP contribution in [0.3, 0.4) is 0 Å². The maximum atomic E-state index is 13.0. The molecule has 0 aliphatic carbocycles. The van der Waals surface area contributed by atoms with Gasteiger partial charge in [-0.3, -0.25) is 9.78 Å². The van der Waals surface area contributed by atoms with Crippen molar-refractivity contribution in [1.29, 1.82) is 0 Å². The Morgan fingerprint density at radius 1 is 0.794 bits per heavy atom. The Morgan fingerprint density at radius 2 is 1.29 bits per heavy atom. The quantitative estimate of drug-likeness (QED) is 0.488. The van der Waals surface area contributed by atoms with Crippen LogP contribution in [0, 0.1) is 13.8 Å². The molecule has 9 nitrogen and oxygen atoms in total. The summed E-state index contributed by atoms with van der Waals surface area (Å²) in [5.41, 5.74) is 2.18. The van der Waals surface area contributed by atoms with Crippen molar-refractivity contribution in [3.63, 3.8) is 0 Å². The number of nitrogens with one attached hydrogen (secondary N) is 1. The van der Waals surface area contributed by atoms with Crippen LogP contribution in [0.4, 0.5) is 5.69 Å². The first kappa shape index (κ1) is 24.1. The van der Waals surface area contributed by atoms with E-state index in [1.165, 1.54) is 42.7 Å². The fourth-order valence-electron chi connectivity index (χ4n) is 2.89. The molecule has 0 spiro atoms. The third-order valence-electron chi connectivity index (χ3n) is 4.75. The van der Waals surface area contributed by atoms with Gasteiger partial charge in [-0.1, -0.05) is 35.4 Å². The first-order valence-electron chi connectivity index (χ1n) is 10.2. The molecule has 34 heavy (non-hydrogen) atoms. The molecule has 0 fully saturated rings. The number of aryl methyl sites for hydroxylation is 2. The molecule has 2 N–H and O–H groups in total. The lowest BCUT2D eigenvalue weighted by molar-refractivity contribution is -0.157. The van der Waals surface area contributed by atoms with Crippen LogP contribution in [0.2, 0.25) is 0 Å².